The summed E-state index contributed by atoms with van der Waals surface area (Å²) in [5.74, 6) is 0.651. The van der Waals surface area contributed by atoms with E-state index in [1.807, 2.05) is 30.0 Å². The molecule has 1 atom stereocenters. The average Bonchev–Trinajstić information content (AvgIpc) is 2.69. The van der Waals surface area contributed by atoms with Crippen LogP contribution in [-0.4, -0.2) is 29.3 Å². The standard InChI is InChI=1S/C11H12ClN3OS/c1-2-15-10(13-14-11(15)17)7-16-9-6-4-3-5-8(9)12/h3-6,10H,2,7H2,1H3. The zero-order valence-corrected chi connectivity index (χ0v) is 10.9. The Kier molecular flexibility index (Phi) is 3.91. The summed E-state index contributed by atoms with van der Waals surface area (Å²) in [7, 11) is 0. The van der Waals surface area contributed by atoms with Gasteiger partial charge >= 0.3 is 0 Å². The van der Waals surface area contributed by atoms with Gasteiger partial charge < -0.3 is 9.64 Å². The zero-order chi connectivity index (χ0) is 12.3. The molecule has 0 spiro atoms. The van der Waals surface area contributed by atoms with Gasteiger partial charge in [0.2, 0.25) is 5.11 Å². The van der Waals surface area contributed by atoms with E-state index < -0.39 is 0 Å². The largest absolute Gasteiger partial charge is 0.488 e. The Labute approximate surface area is 110 Å². The molecule has 1 heterocycles. The molecule has 0 aliphatic carbocycles. The quantitative estimate of drug-likeness (QED) is 0.788. The Balaban J connectivity index is 1.97. The molecule has 1 aromatic rings. The first-order valence-corrected chi connectivity index (χ1v) is 6.09. The molecule has 1 aromatic carbocycles. The summed E-state index contributed by atoms with van der Waals surface area (Å²) >= 11 is 11.0. The first kappa shape index (κ1) is 12.3. The van der Waals surface area contributed by atoms with Crippen molar-refractivity contribution in [2.45, 2.75) is 13.1 Å². The maximum atomic E-state index is 5.99. The predicted molar refractivity (Wildman–Crippen MR) is 70.6 cm³/mol. The summed E-state index contributed by atoms with van der Waals surface area (Å²) in [5.41, 5.74) is 0. The number of hydrogen-bond donors (Lipinski definition) is 0. The third-order valence-corrected chi connectivity index (χ3v) is 3.08. The lowest BCUT2D eigenvalue weighted by atomic mass is 10.3. The molecule has 0 fully saturated rings. The highest BCUT2D eigenvalue weighted by atomic mass is 35.5. The van der Waals surface area contributed by atoms with E-state index in [-0.39, 0.29) is 6.17 Å². The number of thiocarbonyl (C=S) groups is 1. The Morgan fingerprint density at radius 2 is 2.24 bits per heavy atom. The molecular weight excluding hydrogens is 258 g/mol. The minimum Gasteiger partial charge on any atom is -0.488 e. The van der Waals surface area contributed by atoms with Gasteiger partial charge in [-0.25, -0.2) is 0 Å². The van der Waals surface area contributed by atoms with Gasteiger partial charge in [0, 0.05) is 6.54 Å². The molecule has 2 rings (SSSR count). The fraction of sp³-hybridized carbons (Fsp3) is 0.364. The Hall–Kier alpha value is -1.20. The van der Waals surface area contributed by atoms with Gasteiger partial charge in [-0.2, -0.15) is 5.11 Å². The molecule has 0 saturated carbocycles. The lowest BCUT2D eigenvalue weighted by Crippen LogP contribution is -2.36. The third kappa shape index (κ3) is 2.73. The second kappa shape index (κ2) is 5.42. The van der Waals surface area contributed by atoms with Crippen LogP contribution in [0.25, 0.3) is 0 Å². The van der Waals surface area contributed by atoms with Crippen LogP contribution in [0.5, 0.6) is 5.75 Å². The van der Waals surface area contributed by atoms with E-state index in [1.165, 1.54) is 0 Å². The van der Waals surface area contributed by atoms with Crippen molar-refractivity contribution in [1.29, 1.82) is 0 Å². The molecular formula is C11H12ClN3OS. The van der Waals surface area contributed by atoms with Crippen molar-refractivity contribution in [2.75, 3.05) is 13.2 Å². The van der Waals surface area contributed by atoms with E-state index in [4.69, 9.17) is 28.6 Å². The molecule has 17 heavy (non-hydrogen) atoms. The Morgan fingerprint density at radius 1 is 1.47 bits per heavy atom. The monoisotopic (exact) mass is 269 g/mol. The highest BCUT2D eigenvalue weighted by Gasteiger charge is 2.25. The van der Waals surface area contributed by atoms with Crippen molar-refractivity contribution >= 4 is 28.9 Å². The van der Waals surface area contributed by atoms with Crippen LogP contribution in [-0.2, 0) is 0 Å². The molecule has 4 nitrogen and oxygen atoms in total. The topological polar surface area (TPSA) is 37.2 Å². The minimum absolute atomic E-state index is 0.149. The minimum atomic E-state index is -0.149. The number of halogens is 1. The number of nitrogens with zero attached hydrogens (tertiary/aromatic N) is 3. The number of benzene rings is 1. The lowest BCUT2D eigenvalue weighted by Gasteiger charge is -2.21. The molecule has 0 aromatic heterocycles. The van der Waals surface area contributed by atoms with Gasteiger partial charge in [-0.05, 0) is 31.3 Å². The van der Waals surface area contributed by atoms with E-state index in [0.717, 1.165) is 6.54 Å². The maximum Gasteiger partial charge on any atom is 0.217 e. The van der Waals surface area contributed by atoms with Crippen molar-refractivity contribution < 1.29 is 4.74 Å². The van der Waals surface area contributed by atoms with Crippen molar-refractivity contribution in [3.8, 4) is 5.75 Å². The van der Waals surface area contributed by atoms with Crippen molar-refractivity contribution in [2.24, 2.45) is 10.2 Å². The highest BCUT2D eigenvalue weighted by Crippen LogP contribution is 2.24. The van der Waals surface area contributed by atoms with Crippen LogP contribution in [0.2, 0.25) is 5.02 Å². The van der Waals surface area contributed by atoms with Gasteiger partial charge in [0.25, 0.3) is 0 Å². The average molecular weight is 270 g/mol. The van der Waals surface area contributed by atoms with Crippen molar-refractivity contribution in [3.05, 3.63) is 29.3 Å². The van der Waals surface area contributed by atoms with Crippen LogP contribution in [0.3, 0.4) is 0 Å². The van der Waals surface area contributed by atoms with Crippen LogP contribution in [0.15, 0.2) is 34.5 Å². The van der Waals surface area contributed by atoms with E-state index >= 15 is 0 Å². The normalized spacial score (nSPS) is 18.8. The molecule has 0 bridgehead atoms. The molecule has 0 amide bonds. The zero-order valence-electron chi connectivity index (χ0n) is 9.34. The van der Waals surface area contributed by atoms with E-state index in [1.54, 1.807) is 6.07 Å². The summed E-state index contributed by atoms with van der Waals surface area (Å²) in [6.07, 6.45) is -0.149. The SMILES string of the molecule is CCN1C(=S)N=NC1COc1ccccc1Cl. The second-order valence-electron chi connectivity index (χ2n) is 3.51. The molecule has 0 radical (unpaired) electrons. The Bertz CT molecular complexity index is 452. The fourth-order valence-corrected chi connectivity index (χ4v) is 2.05. The summed E-state index contributed by atoms with van der Waals surface area (Å²) in [5, 5.41) is 9.03. The van der Waals surface area contributed by atoms with Gasteiger partial charge in [-0.1, -0.05) is 23.7 Å². The predicted octanol–water partition coefficient (Wildman–Crippen LogP) is 3.12. The molecule has 0 saturated heterocycles. The van der Waals surface area contributed by atoms with Crippen LogP contribution >= 0.6 is 23.8 Å². The number of likely N-dealkylation sites (N-methyl/N-ethyl adjacent to an activating group) is 1. The van der Waals surface area contributed by atoms with Crippen molar-refractivity contribution in [1.82, 2.24) is 4.90 Å². The molecule has 6 heteroatoms. The fourth-order valence-electron chi connectivity index (χ4n) is 1.56. The van der Waals surface area contributed by atoms with Crippen LogP contribution in [0.1, 0.15) is 6.92 Å². The number of hydrogen-bond acceptors (Lipinski definition) is 3. The van der Waals surface area contributed by atoms with Crippen molar-refractivity contribution in [3.63, 3.8) is 0 Å². The van der Waals surface area contributed by atoms with Crippen LogP contribution in [0, 0.1) is 0 Å². The van der Waals surface area contributed by atoms with E-state index in [0.29, 0.717) is 22.5 Å². The second-order valence-corrected chi connectivity index (χ2v) is 4.28. The number of para-hydroxylation sites is 1. The van der Waals surface area contributed by atoms with E-state index in [2.05, 4.69) is 10.2 Å². The number of rotatable bonds is 4. The molecule has 90 valence electrons. The summed E-state index contributed by atoms with van der Waals surface area (Å²) in [6.45, 7) is 3.16. The van der Waals surface area contributed by atoms with Gasteiger partial charge in [0.1, 0.15) is 12.4 Å². The molecule has 1 aliphatic heterocycles. The van der Waals surface area contributed by atoms with Gasteiger partial charge in [-0.3, -0.25) is 0 Å². The number of ether oxygens (including phenoxy) is 1. The third-order valence-electron chi connectivity index (χ3n) is 2.45. The smallest absolute Gasteiger partial charge is 0.217 e. The summed E-state index contributed by atoms with van der Waals surface area (Å²) < 4.78 is 5.61. The molecule has 1 unspecified atom stereocenters. The maximum absolute atomic E-state index is 5.99. The summed E-state index contributed by atoms with van der Waals surface area (Å²) in [4.78, 5) is 1.91. The number of azo groups is 1. The first-order chi connectivity index (χ1) is 8.22. The highest BCUT2D eigenvalue weighted by molar-refractivity contribution is 7.80. The van der Waals surface area contributed by atoms with E-state index in [9.17, 15) is 0 Å². The van der Waals surface area contributed by atoms with Crippen LogP contribution < -0.4 is 4.74 Å². The summed E-state index contributed by atoms with van der Waals surface area (Å²) in [6, 6.07) is 7.34. The Morgan fingerprint density at radius 3 is 2.94 bits per heavy atom. The van der Waals surface area contributed by atoms with Gasteiger partial charge in [0.15, 0.2) is 6.17 Å². The first-order valence-electron chi connectivity index (χ1n) is 5.31. The lowest BCUT2D eigenvalue weighted by molar-refractivity contribution is 0.215. The van der Waals surface area contributed by atoms with Gasteiger partial charge in [0.05, 0.1) is 5.02 Å². The molecule has 1 aliphatic rings. The van der Waals surface area contributed by atoms with Crippen LogP contribution in [0.4, 0.5) is 0 Å². The van der Waals surface area contributed by atoms with Gasteiger partial charge in [-0.15, -0.1) is 5.11 Å². The molecule has 0 N–H and O–H groups in total.